The van der Waals surface area contributed by atoms with Crippen LogP contribution in [-0.2, 0) is 26.1 Å². The largest absolute Gasteiger partial charge is 0.399 e. The lowest BCUT2D eigenvalue weighted by Crippen LogP contribution is -2.36. The summed E-state index contributed by atoms with van der Waals surface area (Å²) in [5, 5.41) is 0. The molecule has 32 heavy (non-hydrogen) atoms. The number of aromatic amines is 1. The van der Waals surface area contributed by atoms with Gasteiger partial charge in [-0.1, -0.05) is 12.1 Å². The quantitative estimate of drug-likeness (QED) is 0.476. The van der Waals surface area contributed by atoms with Gasteiger partial charge in [-0.25, -0.2) is 9.37 Å². The number of aromatic nitrogens is 3. The smallest absolute Gasteiger partial charge is 0.255 e. The van der Waals surface area contributed by atoms with E-state index in [1.165, 1.54) is 12.1 Å². The Morgan fingerprint density at radius 3 is 2.59 bits per heavy atom. The first-order valence-electron chi connectivity index (χ1n) is 10.6. The van der Waals surface area contributed by atoms with Crippen LogP contribution in [0.25, 0.3) is 11.4 Å². The van der Waals surface area contributed by atoms with E-state index in [4.69, 9.17) is 10.7 Å². The molecular formula is C25H24FN5O. The molecule has 0 bridgehead atoms. The van der Waals surface area contributed by atoms with Crippen molar-refractivity contribution >= 4 is 5.69 Å². The van der Waals surface area contributed by atoms with E-state index in [0.717, 1.165) is 47.6 Å². The number of hydrogen-bond donors (Lipinski definition) is 2. The molecule has 0 unspecified atom stereocenters. The molecule has 3 N–H and O–H groups in total. The molecule has 162 valence electrons. The Kier molecular flexibility index (Phi) is 5.33. The third-order valence-electron chi connectivity index (χ3n) is 5.91. The van der Waals surface area contributed by atoms with Gasteiger partial charge in [-0.3, -0.25) is 9.69 Å². The molecule has 0 atom stereocenters. The molecule has 3 heterocycles. The minimum atomic E-state index is -0.230. The maximum absolute atomic E-state index is 13.2. The lowest BCUT2D eigenvalue weighted by Gasteiger charge is -2.28. The fraction of sp³-hybridized carbons (Fsp3) is 0.200. The van der Waals surface area contributed by atoms with E-state index in [0.29, 0.717) is 24.6 Å². The number of nitrogens with zero attached hydrogens (tertiary/aromatic N) is 3. The summed E-state index contributed by atoms with van der Waals surface area (Å²) in [5.74, 6) is 0.349. The number of rotatable bonds is 5. The molecule has 0 saturated carbocycles. The van der Waals surface area contributed by atoms with Gasteiger partial charge < -0.3 is 15.3 Å². The zero-order valence-corrected chi connectivity index (χ0v) is 17.6. The standard InChI is InChI=1S/C25H24FN5O/c26-19-7-3-17(4-8-19)14-31-12-1-2-21(31)15-30-13-11-23-22(16-30)25(32)29-24(28-23)18-5-9-20(27)10-6-18/h1-10,12H,11,13-16,27H2,(H,28,29,32). The van der Waals surface area contributed by atoms with Gasteiger partial charge in [-0.2, -0.15) is 0 Å². The lowest BCUT2D eigenvalue weighted by molar-refractivity contribution is 0.236. The van der Waals surface area contributed by atoms with Crippen LogP contribution in [0, 0.1) is 5.82 Å². The Labute approximate surface area is 185 Å². The van der Waals surface area contributed by atoms with Gasteiger partial charge in [0.15, 0.2) is 0 Å². The highest BCUT2D eigenvalue weighted by molar-refractivity contribution is 5.58. The number of H-pyrrole nitrogens is 1. The van der Waals surface area contributed by atoms with Gasteiger partial charge in [-0.15, -0.1) is 0 Å². The highest BCUT2D eigenvalue weighted by Crippen LogP contribution is 2.21. The van der Waals surface area contributed by atoms with E-state index in [1.807, 2.05) is 24.4 Å². The summed E-state index contributed by atoms with van der Waals surface area (Å²) in [7, 11) is 0. The second-order valence-electron chi connectivity index (χ2n) is 8.18. The Morgan fingerprint density at radius 2 is 1.81 bits per heavy atom. The Bertz CT molecular complexity index is 1290. The predicted molar refractivity (Wildman–Crippen MR) is 122 cm³/mol. The molecule has 2 aromatic heterocycles. The Balaban J connectivity index is 1.32. The van der Waals surface area contributed by atoms with E-state index >= 15 is 0 Å². The van der Waals surface area contributed by atoms with E-state index in [9.17, 15) is 9.18 Å². The first-order chi connectivity index (χ1) is 15.5. The molecule has 0 radical (unpaired) electrons. The molecule has 6 nitrogen and oxygen atoms in total. The summed E-state index contributed by atoms with van der Waals surface area (Å²) in [6, 6.07) is 18.0. The van der Waals surface area contributed by atoms with Crippen LogP contribution in [0.2, 0.25) is 0 Å². The molecule has 5 rings (SSSR count). The van der Waals surface area contributed by atoms with Crippen LogP contribution in [0.1, 0.15) is 22.5 Å². The fourth-order valence-electron chi connectivity index (χ4n) is 4.16. The van der Waals surface area contributed by atoms with Crippen LogP contribution < -0.4 is 11.3 Å². The summed E-state index contributed by atoms with van der Waals surface area (Å²) in [4.78, 5) is 22.7. The van der Waals surface area contributed by atoms with Crippen molar-refractivity contribution in [1.29, 1.82) is 0 Å². The summed E-state index contributed by atoms with van der Waals surface area (Å²) in [6.45, 7) is 2.79. The van der Waals surface area contributed by atoms with Gasteiger partial charge in [0.2, 0.25) is 0 Å². The number of benzene rings is 2. The molecule has 4 aromatic rings. The second-order valence-corrected chi connectivity index (χ2v) is 8.18. The number of nitrogen functional groups attached to an aromatic ring is 1. The Hall–Kier alpha value is -3.71. The normalized spacial score (nSPS) is 13.8. The minimum absolute atomic E-state index is 0.0896. The van der Waals surface area contributed by atoms with Gasteiger partial charge in [0.1, 0.15) is 11.6 Å². The average Bonchev–Trinajstić information content (AvgIpc) is 3.22. The molecule has 0 saturated heterocycles. The van der Waals surface area contributed by atoms with Crippen molar-refractivity contribution in [1.82, 2.24) is 19.4 Å². The molecule has 0 fully saturated rings. The number of nitrogens with one attached hydrogen (secondary N) is 1. The number of hydrogen-bond acceptors (Lipinski definition) is 4. The van der Waals surface area contributed by atoms with Crippen LogP contribution in [0.3, 0.4) is 0 Å². The Morgan fingerprint density at radius 1 is 1.03 bits per heavy atom. The van der Waals surface area contributed by atoms with Crippen LogP contribution in [-0.4, -0.2) is 26.0 Å². The van der Waals surface area contributed by atoms with Crippen molar-refractivity contribution in [2.45, 2.75) is 26.1 Å². The molecule has 7 heteroatoms. The first-order valence-corrected chi connectivity index (χ1v) is 10.6. The molecule has 1 aliphatic heterocycles. The van der Waals surface area contributed by atoms with Crippen LogP contribution in [0.15, 0.2) is 71.7 Å². The molecule has 1 aliphatic rings. The SMILES string of the molecule is Nc1ccc(-c2nc3c(c(=O)[nH]2)CN(Cc2cccn2Cc2ccc(F)cc2)CC3)cc1. The number of anilines is 1. The topological polar surface area (TPSA) is 79.9 Å². The summed E-state index contributed by atoms with van der Waals surface area (Å²) >= 11 is 0. The number of fused-ring (bicyclic) bond motifs is 1. The summed E-state index contributed by atoms with van der Waals surface area (Å²) in [6.07, 6.45) is 2.75. The van der Waals surface area contributed by atoms with Crippen molar-refractivity contribution in [3.8, 4) is 11.4 Å². The maximum atomic E-state index is 13.2. The van der Waals surface area contributed by atoms with Crippen molar-refractivity contribution < 1.29 is 4.39 Å². The van der Waals surface area contributed by atoms with Gasteiger partial charge in [0, 0.05) is 55.7 Å². The fourth-order valence-corrected chi connectivity index (χ4v) is 4.16. The van der Waals surface area contributed by atoms with Gasteiger partial charge >= 0.3 is 0 Å². The van der Waals surface area contributed by atoms with Crippen LogP contribution in [0.5, 0.6) is 0 Å². The monoisotopic (exact) mass is 429 g/mol. The molecular weight excluding hydrogens is 405 g/mol. The summed E-state index contributed by atoms with van der Waals surface area (Å²) < 4.78 is 15.4. The van der Waals surface area contributed by atoms with Crippen LogP contribution in [0.4, 0.5) is 10.1 Å². The third-order valence-corrected chi connectivity index (χ3v) is 5.91. The third kappa shape index (κ3) is 4.20. The highest BCUT2D eigenvalue weighted by atomic mass is 19.1. The van der Waals surface area contributed by atoms with Gasteiger partial charge in [-0.05, 0) is 54.1 Å². The van der Waals surface area contributed by atoms with Crippen molar-refractivity contribution in [2.75, 3.05) is 12.3 Å². The minimum Gasteiger partial charge on any atom is -0.399 e. The van der Waals surface area contributed by atoms with Crippen molar-refractivity contribution in [3.63, 3.8) is 0 Å². The number of halogens is 1. The number of nitrogens with two attached hydrogens (primary N) is 1. The first kappa shape index (κ1) is 20.2. The maximum Gasteiger partial charge on any atom is 0.255 e. The second kappa shape index (κ2) is 8.43. The van der Waals surface area contributed by atoms with Crippen molar-refractivity contribution in [2.24, 2.45) is 0 Å². The van der Waals surface area contributed by atoms with Gasteiger partial charge in [0.25, 0.3) is 5.56 Å². The lowest BCUT2D eigenvalue weighted by atomic mass is 10.1. The van der Waals surface area contributed by atoms with E-state index < -0.39 is 0 Å². The molecule has 2 aromatic carbocycles. The average molecular weight is 429 g/mol. The van der Waals surface area contributed by atoms with Crippen LogP contribution >= 0.6 is 0 Å². The zero-order valence-electron chi connectivity index (χ0n) is 17.6. The van der Waals surface area contributed by atoms with E-state index in [1.54, 1.807) is 24.3 Å². The van der Waals surface area contributed by atoms with E-state index in [-0.39, 0.29) is 11.4 Å². The predicted octanol–water partition coefficient (Wildman–Crippen LogP) is 3.57. The molecule has 0 spiro atoms. The van der Waals surface area contributed by atoms with E-state index in [2.05, 4.69) is 20.5 Å². The zero-order chi connectivity index (χ0) is 22.1. The summed E-state index contributed by atoms with van der Waals surface area (Å²) in [5.41, 5.74) is 11.0. The highest BCUT2D eigenvalue weighted by Gasteiger charge is 2.22. The van der Waals surface area contributed by atoms with Crippen molar-refractivity contribution in [3.05, 3.63) is 106 Å². The van der Waals surface area contributed by atoms with Gasteiger partial charge in [0.05, 0.1) is 11.3 Å². The molecule has 0 aliphatic carbocycles. The molecule has 0 amide bonds.